The molecule has 4 aromatic rings. The first-order valence-electron chi connectivity index (χ1n) is 12.5. The van der Waals surface area contributed by atoms with E-state index in [1.54, 1.807) is 24.7 Å². The van der Waals surface area contributed by atoms with Gasteiger partial charge in [-0.3, -0.25) is 9.88 Å². The summed E-state index contributed by atoms with van der Waals surface area (Å²) in [4.78, 5) is 24.8. The zero-order valence-corrected chi connectivity index (χ0v) is 23.0. The van der Waals surface area contributed by atoms with Crippen LogP contribution in [-0.4, -0.2) is 44.2 Å². The molecule has 0 radical (unpaired) electrons. The van der Waals surface area contributed by atoms with Gasteiger partial charge in [-0.15, -0.1) is 0 Å². The van der Waals surface area contributed by atoms with Crippen molar-refractivity contribution in [1.29, 1.82) is 0 Å². The average Bonchev–Trinajstić information content (AvgIpc) is 3.34. The van der Waals surface area contributed by atoms with E-state index in [0.717, 1.165) is 11.1 Å². The standard InChI is InChI=1S/C27H32N5O6P/c1-20(2)38-27(33)31-25-24-26(29-17-28-25)32(18-30-24)14-21(3)35-19-39(34,36-15-22-10-6-4-7-11-22)37-16-23-12-8-5-9-13-23/h4-13,17-18,20-21H,14-16,19H2,1-3H3,(H,28,29,31,33)/t21-/m1/s1. The molecule has 206 valence electrons. The summed E-state index contributed by atoms with van der Waals surface area (Å²) in [6.07, 6.45) is 1.38. The lowest BCUT2D eigenvalue weighted by atomic mass is 10.2. The molecule has 2 aromatic heterocycles. The van der Waals surface area contributed by atoms with Gasteiger partial charge in [-0.2, -0.15) is 0 Å². The van der Waals surface area contributed by atoms with Crippen LogP contribution in [0.25, 0.3) is 11.2 Å². The molecule has 0 aliphatic rings. The molecule has 2 aromatic carbocycles. The number of carbonyl (C=O) groups excluding carboxylic acids is 1. The van der Waals surface area contributed by atoms with Crippen LogP contribution >= 0.6 is 7.60 Å². The Morgan fingerprint density at radius 3 is 2.13 bits per heavy atom. The highest BCUT2D eigenvalue weighted by Crippen LogP contribution is 2.50. The molecule has 0 bridgehead atoms. The van der Waals surface area contributed by atoms with Gasteiger partial charge in [0.1, 0.15) is 12.7 Å². The quantitative estimate of drug-likeness (QED) is 0.205. The van der Waals surface area contributed by atoms with Crippen LogP contribution in [0.15, 0.2) is 73.3 Å². The lowest BCUT2D eigenvalue weighted by Crippen LogP contribution is -2.19. The van der Waals surface area contributed by atoms with E-state index in [9.17, 15) is 9.36 Å². The van der Waals surface area contributed by atoms with E-state index in [2.05, 4.69) is 20.3 Å². The minimum atomic E-state index is -3.61. The number of aromatic nitrogens is 4. The Hall–Kier alpha value is -3.63. The van der Waals surface area contributed by atoms with Crippen LogP contribution in [0.3, 0.4) is 0 Å². The number of rotatable bonds is 13. The van der Waals surface area contributed by atoms with E-state index in [4.69, 9.17) is 18.5 Å². The van der Waals surface area contributed by atoms with Crippen molar-refractivity contribution in [3.63, 3.8) is 0 Å². The number of hydrogen-bond acceptors (Lipinski definition) is 9. The first kappa shape index (κ1) is 28.4. The van der Waals surface area contributed by atoms with Crippen LogP contribution in [0.4, 0.5) is 10.6 Å². The molecule has 11 nitrogen and oxygen atoms in total. The van der Waals surface area contributed by atoms with Crippen molar-refractivity contribution in [2.24, 2.45) is 0 Å². The summed E-state index contributed by atoms with van der Waals surface area (Å²) >= 11 is 0. The number of hydrogen-bond donors (Lipinski definition) is 1. The van der Waals surface area contributed by atoms with Crippen LogP contribution in [-0.2, 0) is 42.8 Å². The third-order valence-electron chi connectivity index (χ3n) is 5.48. The summed E-state index contributed by atoms with van der Waals surface area (Å²) in [6, 6.07) is 18.9. The Kier molecular flexibility index (Phi) is 9.78. The molecule has 1 N–H and O–H groups in total. The van der Waals surface area contributed by atoms with Crippen LogP contribution < -0.4 is 5.32 Å². The molecule has 0 unspecified atom stereocenters. The molecule has 0 aliphatic heterocycles. The van der Waals surface area contributed by atoms with Gasteiger partial charge in [0.15, 0.2) is 17.0 Å². The number of ether oxygens (including phenoxy) is 2. The van der Waals surface area contributed by atoms with Crippen LogP contribution in [0.2, 0.25) is 0 Å². The van der Waals surface area contributed by atoms with Crippen LogP contribution in [0.1, 0.15) is 31.9 Å². The van der Waals surface area contributed by atoms with Crippen molar-refractivity contribution < 1.29 is 27.9 Å². The molecular formula is C27H32N5O6P. The third-order valence-corrected chi connectivity index (χ3v) is 6.99. The van der Waals surface area contributed by atoms with Crippen LogP contribution in [0, 0.1) is 0 Å². The van der Waals surface area contributed by atoms with E-state index < -0.39 is 19.8 Å². The normalized spacial score (nSPS) is 12.5. The maximum atomic E-state index is 13.6. The summed E-state index contributed by atoms with van der Waals surface area (Å²) in [5.74, 6) is 0.242. The van der Waals surface area contributed by atoms with Gasteiger partial charge in [0.2, 0.25) is 0 Å². The molecule has 1 atom stereocenters. The molecule has 0 aliphatic carbocycles. The Balaban J connectivity index is 1.40. The Morgan fingerprint density at radius 2 is 1.54 bits per heavy atom. The minimum absolute atomic E-state index is 0.128. The van der Waals surface area contributed by atoms with E-state index in [1.807, 2.05) is 67.6 Å². The summed E-state index contributed by atoms with van der Waals surface area (Å²) < 4.78 is 38.1. The SMILES string of the molecule is CC(C)OC(=O)Nc1ncnc2c1ncn2C[C@@H](C)OCP(=O)(OCc1ccccc1)OCc1ccccc1. The number of fused-ring (bicyclic) bond motifs is 1. The van der Waals surface area contributed by atoms with Gasteiger partial charge in [-0.05, 0) is 31.9 Å². The molecule has 39 heavy (non-hydrogen) atoms. The van der Waals surface area contributed by atoms with Gasteiger partial charge in [0, 0.05) is 0 Å². The van der Waals surface area contributed by atoms with Crippen molar-refractivity contribution in [1.82, 2.24) is 19.5 Å². The fourth-order valence-electron chi connectivity index (χ4n) is 3.60. The molecule has 0 spiro atoms. The molecule has 4 rings (SSSR count). The first-order valence-corrected chi connectivity index (χ1v) is 14.2. The Bertz CT molecular complexity index is 1350. The highest BCUT2D eigenvalue weighted by Gasteiger charge is 2.27. The summed E-state index contributed by atoms with van der Waals surface area (Å²) in [5, 5.41) is 2.59. The molecule has 12 heteroatoms. The van der Waals surface area contributed by atoms with Crippen LogP contribution in [0.5, 0.6) is 0 Å². The van der Waals surface area contributed by atoms with Gasteiger partial charge >= 0.3 is 13.7 Å². The first-order chi connectivity index (χ1) is 18.8. The van der Waals surface area contributed by atoms with Gasteiger partial charge in [-0.25, -0.2) is 19.7 Å². The molecule has 0 saturated carbocycles. The van der Waals surface area contributed by atoms with Crippen molar-refractivity contribution in [2.75, 3.05) is 11.7 Å². The molecule has 0 saturated heterocycles. The predicted molar refractivity (Wildman–Crippen MR) is 146 cm³/mol. The average molecular weight is 554 g/mol. The number of benzene rings is 2. The lowest BCUT2D eigenvalue weighted by molar-refractivity contribution is 0.0634. The number of anilines is 1. The largest absolute Gasteiger partial charge is 0.447 e. The zero-order valence-electron chi connectivity index (χ0n) is 22.1. The van der Waals surface area contributed by atoms with Gasteiger partial charge in [0.05, 0.1) is 38.3 Å². The predicted octanol–water partition coefficient (Wildman–Crippen LogP) is 5.77. The van der Waals surface area contributed by atoms with Crippen molar-refractivity contribution >= 4 is 30.7 Å². The third kappa shape index (κ3) is 8.43. The second-order valence-corrected chi connectivity index (χ2v) is 11.1. The number of nitrogens with zero attached hydrogens (tertiary/aromatic N) is 4. The number of nitrogens with one attached hydrogen (secondary N) is 1. The van der Waals surface area contributed by atoms with E-state index in [0.29, 0.717) is 17.7 Å². The highest BCUT2D eigenvalue weighted by molar-refractivity contribution is 7.53. The number of imidazole rings is 1. The molecular weight excluding hydrogens is 521 g/mol. The maximum absolute atomic E-state index is 13.6. The second kappa shape index (κ2) is 13.4. The Labute approximate surface area is 227 Å². The topological polar surface area (TPSA) is 127 Å². The highest BCUT2D eigenvalue weighted by atomic mass is 31.2. The zero-order chi connectivity index (χ0) is 27.7. The second-order valence-electron chi connectivity index (χ2n) is 9.11. The van der Waals surface area contributed by atoms with Gasteiger partial charge < -0.3 is 23.1 Å². The number of carbonyl (C=O) groups is 1. The van der Waals surface area contributed by atoms with Crippen molar-refractivity contribution in [3.05, 3.63) is 84.4 Å². The van der Waals surface area contributed by atoms with Crippen molar-refractivity contribution in [3.8, 4) is 0 Å². The fourth-order valence-corrected chi connectivity index (χ4v) is 4.95. The van der Waals surface area contributed by atoms with E-state index in [-0.39, 0.29) is 31.5 Å². The Morgan fingerprint density at radius 1 is 0.923 bits per heavy atom. The lowest BCUT2D eigenvalue weighted by Gasteiger charge is -2.21. The molecule has 0 fully saturated rings. The minimum Gasteiger partial charge on any atom is -0.447 e. The van der Waals surface area contributed by atoms with E-state index >= 15 is 0 Å². The summed E-state index contributed by atoms with van der Waals surface area (Å²) in [5.41, 5.74) is 2.67. The fraction of sp³-hybridized carbons (Fsp3) is 0.333. The van der Waals surface area contributed by atoms with E-state index in [1.165, 1.54) is 6.33 Å². The van der Waals surface area contributed by atoms with Gasteiger partial charge in [0.25, 0.3) is 0 Å². The molecule has 2 heterocycles. The number of amides is 1. The summed E-state index contributed by atoms with van der Waals surface area (Å²) in [6.45, 7) is 5.95. The maximum Gasteiger partial charge on any atom is 0.413 e. The van der Waals surface area contributed by atoms with Crippen molar-refractivity contribution in [2.45, 2.75) is 52.7 Å². The monoisotopic (exact) mass is 553 g/mol. The smallest absolute Gasteiger partial charge is 0.413 e. The van der Waals surface area contributed by atoms with Gasteiger partial charge in [-0.1, -0.05) is 60.7 Å². The summed E-state index contributed by atoms with van der Waals surface area (Å²) in [7, 11) is -3.61. The molecule has 1 amide bonds.